The van der Waals surface area contributed by atoms with Gasteiger partial charge in [0.1, 0.15) is 13.2 Å². The second-order valence-corrected chi connectivity index (χ2v) is 30.1. The molecule has 0 fully saturated rings. The Morgan fingerprint density at radius 2 is 0.548 bits per heavy atom. The summed E-state index contributed by atoms with van der Waals surface area (Å²) in [6.07, 6.45) is 92.2. The van der Waals surface area contributed by atoms with Gasteiger partial charge in [-0.05, 0) is 38.5 Å². The Kier molecular flexibility index (Phi) is 74.2. The second kappa shape index (κ2) is 75.8. The monoisotopic (exact) mass is 1310 g/mol. The van der Waals surface area contributed by atoms with Crippen molar-refractivity contribution in [2.45, 2.75) is 463 Å². The number of rotatable bonds is 80. The van der Waals surface area contributed by atoms with Gasteiger partial charge in [-0.3, -0.25) is 9.59 Å². The SMILES string of the molecule is CCCCCCCCCC/C=C\CCCCCCCCCCCCCCCCCCCC(=O)OC(COC(=O)CCCCCCCCCCCCCCCCCCCCCCCCCCCCCCCCCCCCCCCCC)COC(OCC[N+](C)(C)C)C(=O)[O-]. The first-order chi connectivity index (χ1) is 45.6. The highest BCUT2D eigenvalue weighted by molar-refractivity contribution is 5.70. The van der Waals surface area contributed by atoms with Crippen LogP contribution >= 0.6 is 0 Å². The molecule has 0 rings (SSSR count). The first-order valence-electron chi connectivity index (χ1n) is 41.8. The van der Waals surface area contributed by atoms with Crippen molar-refractivity contribution < 1.29 is 42.9 Å². The molecule has 0 aliphatic rings. The van der Waals surface area contributed by atoms with Gasteiger partial charge in [0.25, 0.3) is 0 Å². The van der Waals surface area contributed by atoms with Gasteiger partial charge >= 0.3 is 11.9 Å². The molecule has 2 unspecified atom stereocenters. The van der Waals surface area contributed by atoms with Gasteiger partial charge in [0.05, 0.1) is 40.3 Å². The van der Waals surface area contributed by atoms with Gasteiger partial charge in [-0.15, -0.1) is 0 Å². The molecular formula is C84H163NO8. The Balaban J connectivity index is 3.91. The summed E-state index contributed by atoms with van der Waals surface area (Å²) in [5, 5.41) is 11.9. The fourth-order valence-corrected chi connectivity index (χ4v) is 13.1. The Morgan fingerprint density at radius 1 is 0.312 bits per heavy atom. The summed E-state index contributed by atoms with van der Waals surface area (Å²) in [5.74, 6) is -2.24. The number of carboxylic acid groups (broad SMARTS) is 1. The molecule has 0 radical (unpaired) electrons. The van der Waals surface area contributed by atoms with Gasteiger partial charge in [0.2, 0.25) is 0 Å². The highest BCUT2D eigenvalue weighted by atomic mass is 16.7. The lowest BCUT2D eigenvalue weighted by molar-refractivity contribution is -0.870. The normalized spacial score (nSPS) is 12.6. The molecule has 0 aliphatic heterocycles. The Morgan fingerprint density at radius 3 is 0.796 bits per heavy atom. The maximum atomic E-state index is 13.0. The number of carboxylic acids is 1. The predicted molar refractivity (Wildman–Crippen MR) is 399 cm³/mol. The van der Waals surface area contributed by atoms with E-state index < -0.39 is 24.3 Å². The first kappa shape index (κ1) is 91.0. The number of ether oxygens (including phenoxy) is 4. The number of likely N-dealkylation sites (N-methyl/N-ethyl adjacent to an activating group) is 1. The van der Waals surface area contributed by atoms with E-state index in [-0.39, 0.29) is 32.2 Å². The number of carbonyl (C=O) groups is 3. The fourth-order valence-electron chi connectivity index (χ4n) is 13.1. The molecule has 0 aromatic heterocycles. The largest absolute Gasteiger partial charge is 0.545 e. The van der Waals surface area contributed by atoms with Gasteiger partial charge in [0, 0.05) is 12.8 Å². The van der Waals surface area contributed by atoms with E-state index in [9.17, 15) is 19.5 Å². The van der Waals surface area contributed by atoms with E-state index in [0.29, 0.717) is 17.4 Å². The number of quaternary nitrogens is 1. The number of esters is 2. The molecule has 0 aromatic carbocycles. The van der Waals surface area contributed by atoms with Crippen LogP contribution in [0.25, 0.3) is 0 Å². The van der Waals surface area contributed by atoms with Crippen molar-refractivity contribution in [3.05, 3.63) is 12.2 Å². The second-order valence-electron chi connectivity index (χ2n) is 30.1. The van der Waals surface area contributed by atoms with Gasteiger partial charge < -0.3 is 33.3 Å². The maximum absolute atomic E-state index is 13.0. The lowest BCUT2D eigenvalue weighted by Gasteiger charge is -2.26. The van der Waals surface area contributed by atoms with E-state index in [1.165, 1.54) is 385 Å². The van der Waals surface area contributed by atoms with E-state index >= 15 is 0 Å². The number of unbranched alkanes of at least 4 members (excludes halogenated alkanes) is 63. The van der Waals surface area contributed by atoms with Crippen molar-refractivity contribution in [3.8, 4) is 0 Å². The highest BCUT2D eigenvalue weighted by Crippen LogP contribution is 2.21. The molecule has 0 amide bonds. The van der Waals surface area contributed by atoms with Crippen molar-refractivity contribution in [3.63, 3.8) is 0 Å². The lowest BCUT2D eigenvalue weighted by Crippen LogP contribution is -2.44. The third-order valence-corrected chi connectivity index (χ3v) is 19.5. The quantitative estimate of drug-likeness (QED) is 0.0195. The van der Waals surface area contributed by atoms with Crippen LogP contribution in [-0.4, -0.2) is 82.3 Å². The van der Waals surface area contributed by atoms with Crippen LogP contribution in [0.15, 0.2) is 12.2 Å². The number of hydrogen-bond acceptors (Lipinski definition) is 8. The van der Waals surface area contributed by atoms with Crippen LogP contribution in [0, 0.1) is 0 Å². The molecule has 0 aromatic rings. The minimum atomic E-state index is -1.62. The van der Waals surface area contributed by atoms with Gasteiger partial charge in [-0.1, -0.05) is 411 Å². The molecule has 0 bridgehead atoms. The molecule has 93 heavy (non-hydrogen) atoms. The molecule has 0 aliphatic carbocycles. The average molecular weight is 1320 g/mol. The van der Waals surface area contributed by atoms with Gasteiger partial charge in [-0.2, -0.15) is 0 Å². The van der Waals surface area contributed by atoms with Crippen LogP contribution < -0.4 is 5.11 Å². The van der Waals surface area contributed by atoms with Gasteiger partial charge in [0.15, 0.2) is 12.4 Å². The van der Waals surface area contributed by atoms with E-state index in [0.717, 1.165) is 38.5 Å². The standard InChI is InChI=1S/C84H163NO8/c1-6-8-10-12-14-16-18-20-22-24-26-28-30-32-34-36-37-38-39-40-41-42-43-44-45-47-48-50-52-54-56-58-60-62-64-66-68-70-72-74-81(86)91-78-80(79-92-84(83(88)89)90-77-76-85(3,4)5)93-82(87)75-73-71-69-67-65-63-61-59-57-55-53-51-49-46-35-33-31-29-27-25-23-21-19-17-15-13-11-9-7-2/h25,27,80,84H,6-24,26,28-79H2,1-5H3/b27-25-. The summed E-state index contributed by atoms with van der Waals surface area (Å²) < 4.78 is 22.9. The number of nitrogens with zero attached hydrogens (tertiary/aromatic N) is 1. The van der Waals surface area contributed by atoms with Crippen LogP contribution in [-0.2, 0) is 33.3 Å². The zero-order chi connectivity index (χ0) is 67.5. The molecule has 0 saturated carbocycles. The predicted octanol–water partition coefficient (Wildman–Crippen LogP) is 25.4. The van der Waals surface area contributed by atoms with Crippen LogP contribution in [0.1, 0.15) is 450 Å². The Hall–Kier alpha value is -1.97. The Labute approximate surface area is 580 Å². The summed E-state index contributed by atoms with van der Waals surface area (Å²) in [4.78, 5) is 37.6. The van der Waals surface area contributed by atoms with Crippen molar-refractivity contribution >= 4 is 17.9 Å². The minimum Gasteiger partial charge on any atom is -0.545 e. The minimum absolute atomic E-state index is 0.153. The summed E-state index contributed by atoms with van der Waals surface area (Å²) in [6, 6.07) is 0. The van der Waals surface area contributed by atoms with Crippen molar-refractivity contribution in [1.29, 1.82) is 0 Å². The van der Waals surface area contributed by atoms with Crippen molar-refractivity contribution in [2.75, 3.05) is 47.5 Å². The zero-order valence-electron chi connectivity index (χ0n) is 63.4. The summed E-state index contributed by atoms with van der Waals surface area (Å²) in [7, 11) is 5.96. The smallest absolute Gasteiger partial charge is 0.306 e. The van der Waals surface area contributed by atoms with E-state index in [4.69, 9.17) is 18.9 Å². The first-order valence-corrected chi connectivity index (χ1v) is 41.8. The summed E-state index contributed by atoms with van der Waals surface area (Å²) in [5.41, 5.74) is 0. The van der Waals surface area contributed by atoms with Crippen LogP contribution in [0.4, 0.5) is 0 Å². The number of allylic oxidation sites excluding steroid dienone is 2. The fraction of sp³-hybridized carbons (Fsp3) is 0.940. The lowest BCUT2D eigenvalue weighted by atomic mass is 10.0. The Bertz CT molecular complexity index is 1530. The van der Waals surface area contributed by atoms with Crippen LogP contribution in [0.5, 0.6) is 0 Å². The third-order valence-electron chi connectivity index (χ3n) is 19.5. The molecule has 9 nitrogen and oxygen atoms in total. The number of aliphatic carboxylic acids is 1. The van der Waals surface area contributed by atoms with Crippen LogP contribution in [0.2, 0.25) is 0 Å². The number of hydrogen-bond donors (Lipinski definition) is 0. The molecule has 2 atom stereocenters. The molecule has 9 heteroatoms. The molecule has 0 spiro atoms. The molecule has 0 heterocycles. The topological polar surface area (TPSA) is 111 Å². The molecule has 552 valence electrons. The third kappa shape index (κ3) is 77.3. The van der Waals surface area contributed by atoms with Crippen molar-refractivity contribution in [1.82, 2.24) is 0 Å². The number of carbonyl (C=O) groups excluding carboxylic acids is 3. The average Bonchev–Trinajstić information content (AvgIpc) is 3.74. The van der Waals surface area contributed by atoms with Crippen LogP contribution in [0.3, 0.4) is 0 Å². The summed E-state index contributed by atoms with van der Waals surface area (Å²) >= 11 is 0. The highest BCUT2D eigenvalue weighted by Gasteiger charge is 2.22. The van der Waals surface area contributed by atoms with Crippen molar-refractivity contribution in [2.24, 2.45) is 0 Å². The maximum Gasteiger partial charge on any atom is 0.306 e. The van der Waals surface area contributed by atoms with E-state index in [2.05, 4.69) is 26.0 Å². The molecular weight excluding hydrogens is 1150 g/mol. The zero-order valence-corrected chi connectivity index (χ0v) is 63.4. The molecule has 0 N–H and O–H groups in total. The van der Waals surface area contributed by atoms with E-state index in [1.54, 1.807) is 0 Å². The van der Waals surface area contributed by atoms with E-state index in [1.807, 2.05) is 21.1 Å². The molecule has 0 saturated heterocycles. The summed E-state index contributed by atoms with van der Waals surface area (Å²) in [6.45, 7) is 4.85. The van der Waals surface area contributed by atoms with Gasteiger partial charge in [-0.25, -0.2) is 0 Å².